The quantitative estimate of drug-likeness (QED) is 0.540. The van der Waals surface area contributed by atoms with Crippen LogP contribution in [0.3, 0.4) is 0 Å². The van der Waals surface area contributed by atoms with Crippen LogP contribution in [0.5, 0.6) is 0 Å². The van der Waals surface area contributed by atoms with Crippen molar-refractivity contribution in [1.29, 1.82) is 0 Å². The highest BCUT2D eigenvalue weighted by Crippen LogP contribution is 1.87. The van der Waals surface area contributed by atoms with Gasteiger partial charge in [0.25, 0.3) is 0 Å². The fraction of sp³-hybridized carbons (Fsp3) is 0.600. The zero-order chi connectivity index (χ0) is 5.70. The molecule has 0 rings (SSSR count). The van der Waals surface area contributed by atoms with Gasteiger partial charge in [-0.3, -0.25) is 0 Å². The molecular weight excluding hydrogens is 124 g/mol. The zero-order valence-corrected chi connectivity index (χ0v) is 5.94. The van der Waals surface area contributed by atoms with Gasteiger partial charge in [-0.05, 0) is 30.0 Å². The second-order valence-corrected chi connectivity index (χ2v) is 2.44. The maximum atomic E-state index is 4.79. The van der Waals surface area contributed by atoms with Crippen LogP contribution in [0.15, 0.2) is 0 Å². The fourth-order valence-electron chi connectivity index (χ4n) is 0.262. The SMILES string of the molecule is CC(=S)CCC=S. The van der Waals surface area contributed by atoms with Gasteiger partial charge in [0.2, 0.25) is 0 Å². The van der Waals surface area contributed by atoms with Crippen LogP contribution < -0.4 is 0 Å². The molecule has 0 fully saturated rings. The van der Waals surface area contributed by atoms with Crippen molar-refractivity contribution in [3.63, 3.8) is 0 Å². The lowest BCUT2D eigenvalue weighted by molar-refractivity contribution is 1.20. The largest absolute Gasteiger partial charge is 0.0935 e. The Bertz CT molecular complexity index is 76.1. The molecule has 0 saturated heterocycles. The Morgan fingerprint density at radius 1 is 1.71 bits per heavy atom. The van der Waals surface area contributed by atoms with Gasteiger partial charge >= 0.3 is 0 Å². The predicted octanol–water partition coefficient (Wildman–Crippen LogP) is 2.16. The van der Waals surface area contributed by atoms with Crippen LogP contribution in [0.25, 0.3) is 0 Å². The molecule has 0 spiro atoms. The van der Waals surface area contributed by atoms with E-state index >= 15 is 0 Å². The second-order valence-electron chi connectivity index (χ2n) is 1.41. The highest BCUT2D eigenvalue weighted by molar-refractivity contribution is 7.80. The molecule has 0 saturated carbocycles. The Morgan fingerprint density at radius 3 is 2.43 bits per heavy atom. The van der Waals surface area contributed by atoms with Crippen LogP contribution in [-0.2, 0) is 0 Å². The number of rotatable bonds is 3. The summed E-state index contributed by atoms with van der Waals surface area (Å²) in [6, 6.07) is 0. The van der Waals surface area contributed by atoms with E-state index in [1.165, 1.54) is 0 Å². The highest BCUT2D eigenvalue weighted by atomic mass is 32.1. The second kappa shape index (κ2) is 4.34. The van der Waals surface area contributed by atoms with Crippen LogP contribution in [-0.4, -0.2) is 10.2 Å². The first-order chi connectivity index (χ1) is 3.27. The Morgan fingerprint density at radius 2 is 2.29 bits per heavy atom. The highest BCUT2D eigenvalue weighted by Gasteiger charge is 1.81. The van der Waals surface area contributed by atoms with E-state index in [9.17, 15) is 0 Å². The van der Waals surface area contributed by atoms with E-state index in [4.69, 9.17) is 12.2 Å². The standard InChI is InChI=1S/C5H8S2/c1-5(7)3-2-4-6/h4H,2-3H2,1H3. The predicted molar refractivity (Wildman–Crippen MR) is 41.2 cm³/mol. The number of hydrogen-bond acceptors (Lipinski definition) is 2. The van der Waals surface area contributed by atoms with Gasteiger partial charge in [-0.15, -0.1) is 0 Å². The van der Waals surface area contributed by atoms with Gasteiger partial charge in [-0.2, -0.15) is 0 Å². The maximum absolute atomic E-state index is 4.79. The van der Waals surface area contributed by atoms with Crippen molar-refractivity contribution in [3.8, 4) is 0 Å². The molecule has 0 aliphatic rings. The minimum atomic E-state index is 0.949. The molecule has 0 heterocycles. The van der Waals surface area contributed by atoms with Crippen LogP contribution in [0.4, 0.5) is 0 Å². The Kier molecular flexibility index (Phi) is 4.45. The van der Waals surface area contributed by atoms with Gasteiger partial charge in [-0.25, -0.2) is 0 Å². The van der Waals surface area contributed by atoms with E-state index in [1.54, 1.807) is 5.37 Å². The summed E-state index contributed by atoms with van der Waals surface area (Å²) in [7, 11) is 0. The zero-order valence-electron chi connectivity index (χ0n) is 4.31. The summed E-state index contributed by atoms with van der Waals surface area (Å²) in [5.74, 6) is 0. The van der Waals surface area contributed by atoms with Crippen molar-refractivity contribution in [1.82, 2.24) is 0 Å². The lowest BCUT2D eigenvalue weighted by Crippen LogP contribution is -1.83. The fourth-order valence-corrected chi connectivity index (χ4v) is 0.498. The number of hydrogen-bond donors (Lipinski definition) is 0. The molecule has 40 valence electrons. The number of thiocarbonyl (C=S) groups is 2. The Labute approximate surface area is 54.9 Å². The molecule has 0 N–H and O–H groups in total. The molecule has 0 aliphatic carbocycles. The first kappa shape index (κ1) is 7.18. The minimum Gasteiger partial charge on any atom is -0.0935 e. The summed E-state index contributed by atoms with van der Waals surface area (Å²) in [6.07, 6.45) is 1.92. The molecule has 0 aromatic carbocycles. The molecule has 0 aromatic rings. The third-order valence-electron chi connectivity index (χ3n) is 0.614. The minimum absolute atomic E-state index is 0.949. The molecule has 0 aliphatic heterocycles. The Balaban J connectivity index is 2.97. The van der Waals surface area contributed by atoms with Crippen molar-refractivity contribution in [2.24, 2.45) is 0 Å². The van der Waals surface area contributed by atoms with Crippen LogP contribution >= 0.6 is 24.4 Å². The molecule has 7 heavy (non-hydrogen) atoms. The summed E-state index contributed by atoms with van der Waals surface area (Å²) in [5.41, 5.74) is 0. The molecule has 0 atom stereocenters. The summed E-state index contributed by atoms with van der Waals surface area (Å²) in [5, 5.41) is 1.72. The smallest absolute Gasteiger partial charge is 0.00991 e. The van der Waals surface area contributed by atoms with Gasteiger partial charge in [0.1, 0.15) is 0 Å². The molecule has 0 amide bonds. The van der Waals surface area contributed by atoms with E-state index in [2.05, 4.69) is 12.2 Å². The first-order valence-electron chi connectivity index (χ1n) is 2.20. The summed E-state index contributed by atoms with van der Waals surface area (Å²) < 4.78 is 0. The van der Waals surface area contributed by atoms with Crippen molar-refractivity contribution in [2.45, 2.75) is 19.8 Å². The summed E-state index contributed by atoms with van der Waals surface area (Å²) in [4.78, 5) is 1.04. The molecule has 0 aromatic heterocycles. The average molecular weight is 132 g/mol. The van der Waals surface area contributed by atoms with Crippen LogP contribution in [0, 0.1) is 0 Å². The van der Waals surface area contributed by atoms with Crippen molar-refractivity contribution >= 4 is 34.7 Å². The van der Waals surface area contributed by atoms with Crippen LogP contribution in [0.2, 0.25) is 0 Å². The summed E-state index contributed by atoms with van der Waals surface area (Å²) >= 11 is 9.38. The van der Waals surface area contributed by atoms with E-state index in [0.717, 1.165) is 17.7 Å². The lowest BCUT2D eigenvalue weighted by Gasteiger charge is -1.85. The van der Waals surface area contributed by atoms with E-state index in [-0.39, 0.29) is 0 Å². The Hall–Kier alpha value is 0.180. The maximum Gasteiger partial charge on any atom is -0.00991 e. The van der Waals surface area contributed by atoms with Gasteiger partial charge in [0.15, 0.2) is 0 Å². The average Bonchev–Trinajstić information content (AvgIpc) is 1.61. The van der Waals surface area contributed by atoms with Crippen molar-refractivity contribution < 1.29 is 0 Å². The van der Waals surface area contributed by atoms with Gasteiger partial charge in [0.05, 0.1) is 0 Å². The van der Waals surface area contributed by atoms with Gasteiger partial charge < -0.3 is 0 Å². The van der Waals surface area contributed by atoms with Crippen molar-refractivity contribution in [2.75, 3.05) is 0 Å². The third-order valence-corrected chi connectivity index (χ3v) is 1.05. The topological polar surface area (TPSA) is 0 Å². The molecule has 0 bridgehead atoms. The third kappa shape index (κ3) is 6.18. The molecular formula is C5H8S2. The monoisotopic (exact) mass is 132 g/mol. The van der Waals surface area contributed by atoms with E-state index in [0.29, 0.717) is 0 Å². The first-order valence-corrected chi connectivity index (χ1v) is 3.08. The molecule has 0 unspecified atom stereocenters. The molecule has 0 radical (unpaired) electrons. The summed E-state index contributed by atoms with van der Waals surface area (Å²) in [6.45, 7) is 1.94. The van der Waals surface area contributed by atoms with E-state index < -0.39 is 0 Å². The lowest BCUT2D eigenvalue weighted by atomic mass is 10.3. The molecule has 0 nitrogen and oxygen atoms in total. The van der Waals surface area contributed by atoms with Gasteiger partial charge in [0, 0.05) is 0 Å². The van der Waals surface area contributed by atoms with Crippen LogP contribution in [0.1, 0.15) is 19.8 Å². The van der Waals surface area contributed by atoms with Gasteiger partial charge in [-0.1, -0.05) is 24.4 Å². The van der Waals surface area contributed by atoms with Crippen molar-refractivity contribution in [3.05, 3.63) is 0 Å². The molecule has 2 heteroatoms. The normalized spacial score (nSPS) is 8.14. The van der Waals surface area contributed by atoms with E-state index in [1.807, 2.05) is 6.92 Å².